The van der Waals surface area contributed by atoms with Crippen LogP contribution >= 0.6 is 0 Å². The summed E-state index contributed by atoms with van der Waals surface area (Å²) >= 11 is 0. The SMILES string of the molecule is O=C(CC1C=CCC1)Nc1ccccc1NCc1cccc(F)c1. The minimum absolute atomic E-state index is 0.0200. The highest BCUT2D eigenvalue weighted by Gasteiger charge is 2.15. The van der Waals surface area contributed by atoms with Crippen molar-refractivity contribution in [3.8, 4) is 0 Å². The van der Waals surface area contributed by atoms with E-state index in [0.29, 0.717) is 18.9 Å². The fraction of sp³-hybridized carbons (Fsp3) is 0.250. The fourth-order valence-electron chi connectivity index (χ4n) is 2.90. The molecule has 1 amide bonds. The number of carbonyl (C=O) groups excluding carboxylic acids is 1. The van der Waals surface area contributed by atoms with Crippen molar-refractivity contribution in [1.29, 1.82) is 0 Å². The van der Waals surface area contributed by atoms with E-state index in [9.17, 15) is 9.18 Å². The van der Waals surface area contributed by atoms with Crippen LogP contribution in [0.3, 0.4) is 0 Å². The molecule has 0 radical (unpaired) electrons. The molecule has 2 N–H and O–H groups in total. The van der Waals surface area contributed by atoms with Gasteiger partial charge in [-0.1, -0.05) is 36.4 Å². The van der Waals surface area contributed by atoms with Crippen LogP contribution in [0.25, 0.3) is 0 Å². The predicted octanol–water partition coefficient (Wildman–Crippen LogP) is 4.73. The Morgan fingerprint density at radius 1 is 1.12 bits per heavy atom. The summed E-state index contributed by atoms with van der Waals surface area (Å²) in [5.41, 5.74) is 2.44. The summed E-state index contributed by atoms with van der Waals surface area (Å²) in [5.74, 6) is 0.115. The molecule has 124 valence electrons. The summed E-state index contributed by atoms with van der Waals surface area (Å²) in [5, 5.41) is 6.24. The van der Waals surface area contributed by atoms with Crippen LogP contribution in [0.4, 0.5) is 15.8 Å². The first-order valence-electron chi connectivity index (χ1n) is 8.24. The Labute approximate surface area is 141 Å². The average molecular weight is 324 g/mol. The number of hydrogen-bond donors (Lipinski definition) is 2. The number of para-hydroxylation sites is 2. The Hall–Kier alpha value is -2.62. The quantitative estimate of drug-likeness (QED) is 0.754. The molecule has 4 heteroatoms. The van der Waals surface area contributed by atoms with Crippen LogP contribution in [0, 0.1) is 11.7 Å². The standard InChI is InChI=1S/C20H21FN2O/c21-17-9-5-8-16(12-17)14-22-18-10-3-4-11-19(18)23-20(24)13-15-6-1-2-7-15/h1,3-6,8-12,15,22H,2,7,13-14H2,(H,23,24). The molecule has 2 aromatic rings. The maximum atomic E-state index is 13.2. The minimum Gasteiger partial charge on any atom is -0.379 e. The van der Waals surface area contributed by atoms with E-state index in [0.717, 1.165) is 29.8 Å². The largest absolute Gasteiger partial charge is 0.379 e. The topological polar surface area (TPSA) is 41.1 Å². The zero-order valence-electron chi connectivity index (χ0n) is 13.5. The summed E-state index contributed by atoms with van der Waals surface area (Å²) in [7, 11) is 0. The van der Waals surface area contributed by atoms with Gasteiger partial charge in [0.05, 0.1) is 11.4 Å². The summed E-state index contributed by atoms with van der Waals surface area (Å²) in [4.78, 5) is 12.2. The molecule has 0 aromatic heterocycles. The molecule has 0 aliphatic heterocycles. The Morgan fingerprint density at radius 3 is 2.71 bits per heavy atom. The lowest BCUT2D eigenvalue weighted by molar-refractivity contribution is -0.116. The first-order valence-corrected chi connectivity index (χ1v) is 8.24. The molecule has 0 bridgehead atoms. The van der Waals surface area contributed by atoms with Crippen LogP contribution in [-0.2, 0) is 11.3 Å². The molecule has 0 spiro atoms. The van der Waals surface area contributed by atoms with Crippen LogP contribution in [-0.4, -0.2) is 5.91 Å². The van der Waals surface area contributed by atoms with E-state index in [4.69, 9.17) is 0 Å². The number of allylic oxidation sites excluding steroid dienone is 2. The Kier molecular flexibility index (Phi) is 5.26. The molecule has 24 heavy (non-hydrogen) atoms. The number of halogens is 1. The number of nitrogens with one attached hydrogen (secondary N) is 2. The van der Waals surface area contributed by atoms with Crippen molar-refractivity contribution >= 4 is 17.3 Å². The first-order chi connectivity index (χ1) is 11.7. The van der Waals surface area contributed by atoms with E-state index < -0.39 is 0 Å². The molecule has 0 heterocycles. The van der Waals surface area contributed by atoms with Crippen molar-refractivity contribution < 1.29 is 9.18 Å². The third-order valence-electron chi connectivity index (χ3n) is 4.13. The molecule has 3 rings (SSSR count). The molecule has 1 unspecified atom stereocenters. The highest BCUT2D eigenvalue weighted by molar-refractivity contribution is 5.94. The van der Waals surface area contributed by atoms with Gasteiger partial charge in [0.15, 0.2) is 0 Å². The molecular weight excluding hydrogens is 303 g/mol. The molecular formula is C20H21FN2O. The van der Waals surface area contributed by atoms with Crippen molar-refractivity contribution in [2.45, 2.75) is 25.8 Å². The summed E-state index contributed by atoms with van der Waals surface area (Å²) in [6.45, 7) is 0.496. The zero-order valence-corrected chi connectivity index (χ0v) is 13.5. The van der Waals surface area contributed by atoms with Crippen molar-refractivity contribution in [2.24, 2.45) is 5.92 Å². The lowest BCUT2D eigenvalue weighted by atomic mass is 10.0. The first kappa shape index (κ1) is 16.2. The van der Waals surface area contributed by atoms with Crippen LogP contribution in [0.1, 0.15) is 24.8 Å². The molecule has 0 saturated heterocycles. The van der Waals surface area contributed by atoms with Crippen molar-refractivity contribution in [3.05, 3.63) is 72.1 Å². The molecule has 0 fully saturated rings. The summed E-state index contributed by atoms with van der Waals surface area (Å²) in [6.07, 6.45) is 6.87. The van der Waals surface area contributed by atoms with Crippen molar-refractivity contribution in [3.63, 3.8) is 0 Å². The maximum Gasteiger partial charge on any atom is 0.225 e. The van der Waals surface area contributed by atoms with Crippen LogP contribution in [0.15, 0.2) is 60.7 Å². The lowest BCUT2D eigenvalue weighted by Crippen LogP contribution is -2.16. The van der Waals surface area contributed by atoms with E-state index in [1.165, 1.54) is 12.1 Å². The van der Waals surface area contributed by atoms with Gasteiger partial charge in [0.1, 0.15) is 5.82 Å². The van der Waals surface area contributed by atoms with Crippen LogP contribution in [0.2, 0.25) is 0 Å². The summed E-state index contributed by atoms with van der Waals surface area (Å²) < 4.78 is 13.2. The van der Waals surface area contributed by atoms with Gasteiger partial charge in [-0.05, 0) is 48.6 Å². The van der Waals surface area contributed by atoms with Gasteiger partial charge in [0.2, 0.25) is 5.91 Å². The van der Waals surface area contributed by atoms with Crippen LogP contribution in [0.5, 0.6) is 0 Å². The van der Waals surface area contributed by atoms with E-state index >= 15 is 0 Å². The van der Waals surface area contributed by atoms with Gasteiger partial charge in [-0.15, -0.1) is 0 Å². The van der Waals surface area contributed by atoms with Gasteiger partial charge in [-0.3, -0.25) is 4.79 Å². The highest BCUT2D eigenvalue weighted by atomic mass is 19.1. The number of anilines is 2. The van der Waals surface area contributed by atoms with E-state index in [1.54, 1.807) is 6.07 Å². The van der Waals surface area contributed by atoms with Gasteiger partial charge in [-0.25, -0.2) is 4.39 Å². The van der Waals surface area contributed by atoms with Gasteiger partial charge in [0, 0.05) is 13.0 Å². The Morgan fingerprint density at radius 2 is 1.96 bits per heavy atom. The van der Waals surface area contributed by atoms with Crippen LogP contribution < -0.4 is 10.6 Å². The smallest absolute Gasteiger partial charge is 0.225 e. The molecule has 2 aromatic carbocycles. The van der Waals surface area contributed by atoms with E-state index in [-0.39, 0.29) is 11.7 Å². The second-order valence-corrected chi connectivity index (χ2v) is 6.05. The molecule has 1 aliphatic rings. The number of rotatable bonds is 6. The second-order valence-electron chi connectivity index (χ2n) is 6.05. The number of benzene rings is 2. The number of amides is 1. The molecule has 1 aliphatic carbocycles. The maximum absolute atomic E-state index is 13.2. The molecule has 1 atom stereocenters. The lowest BCUT2D eigenvalue weighted by Gasteiger charge is -2.14. The fourth-order valence-corrected chi connectivity index (χ4v) is 2.90. The van der Waals surface area contributed by atoms with Crippen molar-refractivity contribution in [1.82, 2.24) is 0 Å². The second kappa shape index (κ2) is 7.77. The van der Waals surface area contributed by atoms with Gasteiger partial charge in [-0.2, -0.15) is 0 Å². The zero-order chi connectivity index (χ0) is 16.8. The monoisotopic (exact) mass is 324 g/mol. The van der Waals surface area contributed by atoms with Gasteiger partial charge in [0.25, 0.3) is 0 Å². The van der Waals surface area contributed by atoms with Gasteiger partial charge < -0.3 is 10.6 Å². The van der Waals surface area contributed by atoms with Crippen molar-refractivity contribution in [2.75, 3.05) is 10.6 Å². The number of hydrogen-bond acceptors (Lipinski definition) is 2. The Balaban J connectivity index is 1.62. The number of carbonyl (C=O) groups is 1. The summed E-state index contributed by atoms with van der Waals surface area (Å²) in [6, 6.07) is 14.1. The third kappa shape index (κ3) is 4.44. The predicted molar refractivity (Wildman–Crippen MR) is 95.3 cm³/mol. The average Bonchev–Trinajstić information content (AvgIpc) is 3.07. The van der Waals surface area contributed by atoms with E-state index in [2.05, 4.69) is 22.8 Å². The normalized spacial score (nSPS) is 16.1. The van der Waals surface area contributed by atoms with Gasteiger partial charge >= 0.3 is 0 Å². The molecule has 3 nitrogen and oxygen atoms in total. The Bertz CT molecular complexity index is 742. The highest BCUT2D eigenvalue weighted by Crippen LogP contribution is 2.24. The minimum atomic E-state index is -0.250. The molecule has 0 saturated carbocycles. The van der Waals surface area contributed by atoms with E-state index in [1.807, 2.05) is 30.3 Å². The third-order valence-corrected chi connectivity index (χ3v) is 4.13.